The number of rotatable bonds is 4. The number of nitrogens with zero attached hydrogens (tertiary/aromatic N) is 1. The van der Waals surface area contributed by atoms with Gasteiger partial charge in [0.1, 0.15) is 0 Å². The van der Waals surface area contributed by atoms with Crippen LogP contribution in [0.2, 0.25) is 0 Å². The molecule has 1 aliphatic rings. The first-order valence-corrected chi connectivity index (χ1v) is 5.69. The first-order valence-electron chi connectivity index (χ1n) is 5.69. The normalized spacial score (nSPS) is 26.3. The minimum Gasteiger partial charge on any atom is -0.472 e. The van der Waals surface area contributed by atoms with E-state index in [2.05, 4.69) is 11.9 Å². The van der Waals surface area contributed by atoms with Gasteiger partial charge in [0.2, 0.25) is 0 Å². The van der Waals surface area contributed by atoms with E-state index >= 15 is 0 Å². The molecule has 1 aliphatic carbocycles. The van der Waals surface area contributed by atoms with Gasteiger partial charge in [-0.3, -0.25) is 0 Å². The molecule has 0 amide bonds. The molecule has 0 aromatic carbocycles. The minimum atomic E-state index is 0.442. The van der Waals surface area contributed by atoms with E-state index in [1.54, 1.807) is 6.26 Å². The Balaban J connectivity index is 1.75. The maximum Gasteiger partial charge on any atom is 0.0947 e. The molecule has 0 spiro atoms. The molecule has 0 saturated heterocycles. The molecular formula is C12H20N2O. The molecule has 2 atom stereocenters. The summed E-state index contributed by atoms with van der Waals surface area (Å²) in [6.45, 7) is 2.13. The van der Waals surface area contributed by atoms with E-state index < -0.39 is 0 Å². The van der Waals surface area contributed by atoms with Crippen LogP contribution in [0.25, 0.3) is 0 Å². The van der Waals surface area contributed by atoms with Gasteiger partial charge in [0, 0.05) is 24.7 Å². The predicted molar refractivity (Wildman–Crippen MR) is 60.4 cm³/mol. The van der Waals surface area contributed by atoms with E-state index in [1.165, 1.54) is 24.8 Å². The quantitative estimate of drug-likeness (QED) is 0.821. The number of nitrogens with two attached hydrogens (primary N) is 1. The molecule has 3 nitrogen and oxygen atoms in total. The van der Waals surface area contributed by atoms with Gasteiger partial charge in [-0.2, -0.15) is 0 Å². The molecule has 1 aromatic rings. The van der Waals surface area contributed by atoms with Crippen molar-refractivity contribution in [1.29, 1.82) is 0 Å². The summed E-state index contributed by atoms with van der Waals surface area (Å²) in [4.78, 5) is 2.35. The van der Waals surface area contributed by atoms with Crippen LogP contribution in [-0.2, 0) is 6.54 Å². The van der Waals surface area contributed by atoms with Gasteiger partial charge >= 0.3 is 0 Å². The second-order valence-corrected chi connectivity index (χ2v) is 4.77. The van der Waals surface area contributed by atoms with Crippen molar-refractivity contribution in [2.24, 2.45) is 11.7 Å². The van der Waals surface area contributed by atoms with Gasteiger partial charge in [-0.05, 0) is 38.3 Å². The van der Waals surface area contributed by atoms with Crippen LogP contribution in [-0.4, -0.2) is 24.5 Å². The predicted octanol–water partition coefficient (Wildman–Crippen LogP) is 1.84. The van der Waals surface area contributed by atoms with Crippen molar-refractivity contribution in [2.45, 2.75) is 31.8 Å². The van der Waals surface area contributed by atoms with Gasteiger partial charge in [-0.1, -0.05) is 0 Å². The first-order chi connectivity index (χ1) is 7.24. The van der Waals surface area contributed by atoms with E-state index in [0.717, 1.165) is 19.0 Å². The van der Waals surface area contributed by atoms with Crippen molar-refractivity contribution >= 4 is 0 Å². The maximum absolute atomic E-state index is 5.90. The Morgan fingerprint density at radius 1 is 1.53 bits per heavy atom. The van der Waals surface area contributed by atoms with Gasteiger partial charge in [0.15, 0.2) is 0 Å². The summed E-state index contributed by atoms with van der Waals surface area (Å²) in [6, 6.07) is 2.47. The van der Waals surface area contributed by atoms with Gasteiger partial charge in [-0.25, -0.2) is 0 Å². The number of hydrogen-bond acceptors (Lipinski definition) is 3. The molecule has 1 heterocycles. The van der Waals surface area contributed by atoms with Crippen LogP contribution in [0.15, 0.2) is 23.0 Å². The van der Waals surface area contributed by atoms with Crippen LogP contribution in [0.3, 0.4) is 0 Å². The van der Waals surface area contributed by atoms with Crippen LogP contribution < -0.4 is 5.73 Å². The van der Waals surface area contributed by atoms with Crippen molar-refractivity contribution in [3.8, 4) is 0 Å². The highest BCUT2D eigenvalue weighted by atomic mass is 16.3. The van der Waals surface area contributed by atoms with E-state index in [-0.39, 0.29) is 0 Å². The number of hydrogen-bond donors (Lipinski definition) is 1. The van der Waals surface area contributed by atoms with Crippen LogP contribution in [0.5, 0.6) is 0 Å². The average molecular weight is 208 g/mol. The Hall–Kier alpha value is -0.800. The lowest BCUT2D eigenvalue weighted by Gasteiger charge is -2.20. The first kappa shape index (κ1) is 10.7. The third-order valence-electron chi connectivity index (χ3n) is 3.18. The van der Waals surface area contributed by atoms with Crippen molar-refractivity contribution in [2.75, 3.05) is 13.6 Å². The molecule has 1 fully saturated rings. The second-order valence-electron chi connectivity index (χ2n) is 4.77. The summed E-state index contributed by atoms with van der Waals surface area (Å²) in [5.74, 6) is 0.789. The molecule has 3 heteroatoms. The Morgan fingerprint density at radius 3 is 3.00 bits per heavy atom. The molecule has 2 N–H and O–H groups in total. The van der Waals surface area contributed by atoms with Crippen LogP contribution in [0, 0.1) is 5.92 Å². The molecule has 0 radical (unpaired) electrons. The zero-order valence-corrected chi connectivity index (χ0v) is 9.36. The van der Waals surface area contributed by atoms with Crippen molar-refractivity contribution in [3.05, 3.63) is 24.2 Å². The summed E-state index contributed by atoms with van der Waals surface area (Å²) in [7, 11) is 2.16. The maximum atomic E-state index is 5.90. The summed E-state index contributed by atoms with van der Waals surface area (Å²) in [6.07, 6.45) is 7.22. The molecule has 1 saturated carbocycles. The van der Waals surface area contributed by atoms with Gasteiger partial charge in [0.05, 0.1) is 12.5 Å². The fourth-order valence-electron chi connectivity index (χ4n) is 2.48. The largest absolute Gasteiger partial charge is 0.472 e. The van der Waals surface area contributed by atoms with Gasteiger partial charge < -0.3 is 15.1 Å². The lowest BCUT2D eigenvalue weighted by Crippen LogP contribution is -2.25. The van der Waals surface area contributed by atoms with Gasteiger partial charge in [-0.15, -0.1) is 0 Å². The Labute approximate surface area is 91.2 Å². The van der Waals surface area contributed by atoms with Crippen molar-refractivity contribution in [1.82, 2.24) is 4.90 Å². The molecule has 15 heavy (non-hydrogen) atoms. The van der Waals surface area contributed by atoms with Crippen LogP contribution in [0.4, 0.5) is 0 Å². The lowest BCUT2D eigenvalue weighted by molar-refractivity contribution is 0.269. The highest BCUT2D eigenvalue weighted by molar-refractivity contribution is 5.04. The highest BCUT2D eigenvalue weighted by Gasteiger charge is 2.22. The molecule has 0 bridgehead atoms. The third kappa shape index (κ3) is 3.08. The van der Waals surface area contributed by atoms with Crippen LogP contribution >= 0.6 is 0 Å². The van der Waals surface area contributed by atoms with E-state index in [4.69, 9.17) is 10.2 Å². The van der Waals surface area contributed by atoms with Crippen molar-refractivity contribution < 1.29 is 4.42 Å². The van der Waals surface area contributed by atoms with Crippen LogP contribution in [0.1, 0.15) is 24.8 Å². The van der Waals surface area contributed by atoms with Gasteiger partial charge in [0.25, 0.3) is 0 Å². The minimum absolute atomic E-state index is 0.442. The van der Waals surface area contributed by atoms with E-state index in [0.29, 0.717) is 6.04 Å². The molecule has 84 valence electrons. The molecule has 2 rings (SSSR count). The molecule has 2 unspecified atom stereocenters. The summed E-state index contributed by atoms with van der Waals surface area (Å²) < 4.78 is 5.06. The van der Waals surface area contributed by atoms with E-state index in [1.807, 2.05) is 12.3 Å². The van der Waals surface area contributed by atoms with Crippen molar-refractivity contribution in [3.63, 3.8) is 0 Å². The number of furan rings is 1. The Kier molecular flexibility index (Phi) is 3.44. The standard InChI is InChI=1S/C12H20N2O/c1-14(8-11-4-5-15-9-11)7-10-2-3-12(13)6-10/h4-5,9-10,12H,2-3,6-8,13H2,1H3. The lowest BCUT2D eigenvalue weighted by atomic mass is 10.1. The highest BCUT2D eigenvalue weighted by Crippen LogP contribution is 2.24. The third-order valence-corrected chi connectivity index (χ3v) is 3.18. The Bertz CT molecular complexity index is 284. The monoisotopic (exact) mass is 208 g/mol. The smallest absolute Gasteiger partial charge is 0.0947 e. The molecule has 1 aromatic heterocycles. The second kappa shape index (κ2) is 4.81. The van der Waals surface area contributed by atoms with E-state index in [9.17, 15) is 0 Å². The molecular weight excluding hydrogens is 188 g/mol. The summed E-state index contributed by atoms with van der Waals surface area (Å²) >= 11 is 0. The summed E-state index contributed by atoms with van der Waals surface area (Å²) in [5, 5.41) is 0. The zero-order valence-electron chi connectivity index (χ0n) is 9.36. The fraction of sp³-hybridized carbons (Fsp3) is 0.667. The average Bonchev–Trinajstić information content (AvgIpc) is 2.77. The Morgan fingerprint density at radius 2 is 2.40 bits per heavy atom. The zero-order chi connectivity index (χ0) is 10.7. The SMILES string of the molecule is CN(Cc1ccoc1)CC1CCC(N)C1. The topological polar surface area (TPSA) is 42.4 Å². The molecule has 0 aliphatic heterocycles. The fourth-order valence-corrected chi connectivity index (χ4v) is 2.48. The summed E-state index contributed by atoms with van der Waals surface area (Å²) in [5.41, 5.74) is 7.15.